The average molecular weight is 397 g/mol. The molecule has 0 aliphatic heterocycles. The van der Waals surface area contributed by atoms with Gasteiger partial charge in [0.15, 0.2) is 5.82 Å². The van der Waals surface area contributed by atoms with Crippen LogP contribution in [0.1, 0.15) is 40.2 Å². The highest BCUT2D eigenvalue weighted by atomic mass is 19.4. The Balaban J connectivity index is 2.43. The van der Waals surface area contributed by atoms with Gasteiger partial charge in [0.1, 0.15) is 16.9 Å². The van der Waals surface area contributed by atoms with Crippen molar-refractivity contribution in [1.29, 1.82) is 0 Å². The molecule has 0 saturated heterocycles. The van der Waals surface area contributed by atoms with E-state index in [1.54, 1.807) is 45.0 Å². The number of benzene rings is 1. The molecule has 0 radical (unpaired) electrons. The standard InChI is InChI=1S/C20H26F3N3O2/c1-13(2)12-27-15-9-7-8-14(10-15)26(6)17-16(20(21,22)23)11-24-18(25-17)28-19(3,4)5/h7-11,13H,12H2,1-6H3. The van der Waals surface area contributed by atoms with Gasteiger partial charge in [0, 0.05) is 25.0 Å². The van der Waals surface area contributed by atoms with Crippen LogP contribution in [0.25, 0.3) is 0 Å². The molecule has 2 aromatic rings. The lowest BCUT2D eigenvalue weighted by atomic mass is 10.2. The van der Waals surface area contributed by atoms with Crippen LogP contribution in [0.3, 0.4) is 0 Å². The summed E-state index contributed by atoms with van der Waals surface area (Å²) in [6.45, 7) is 9.86. The summed E-state index contributed by atoms with van der Waals surface area (Å²) in [4.78, 5) is 9.11. The molecule has 1 aromatic carbocycles. The summed E-state index contributed by atoms with van der Waals surface area (Å²) in [6.07, 6.45) is -3.85. The van der Waals surface area contributed by atoms with Crippen LogP contribution in [0, 0.1) is 5.92 Å². The van der Waals surface area contributed by atoms with Crippen LogP contribution in [0.15, 0.2) is 30.5 Å². The predicted molar refractivity (Wildman–Crippen MR) is 102 cm³/mol. The second-order valence-electron chi connectivity index (χ2n) is 7.86. The largest absolute Gasteiger partial charge is 0.493 e. The number of anilines is 2. The fraction of sp³-hybridized carbons (Fsp3) is 0.500. The SMILES string of the molecule is CC(C)COc1cccc(N(C)c2nc(OC(C)(C)C)ncc2C(F)(F)F)c1. The quantitative estimate of drug-likeness (QED) is 0.646. The molecule has 0 amide bonds. The number of hydrogen-bond donors (Lipinski definition) is 0. The highest BCUT2D eigenvalue weighted by Gasteiger charge is 2.37. The summed E-state index contributed by atoms with van der Waals surface area (Å²) in [5.41, 5.74) is -1.07. The summed E-state index contributed by atoms with van der Waals surface area (Å²) >= 11 is 0. The molecule has 1 aromatic heterocycles. The second-order valence-corrected chi connectivity index (χ2v) is 7.86. The van der Waals surface area contributed by atoms with Gasteiger partial charge in [-0.05, 0) is 38.8 Å². The molecule has 0 fully saturated rings. The third kappa shape index (κ3) is 6.00. The van der Waals surface area contributed by atoms with E-state index in [-0.39, 0.29) is 11.8 Å². The predicted octanol–water partition coefficient (Wildman–Crippen LogP) is 5.48. The maximum Gasteiger partial charge on any atom is 0.421 e. The first-order valence-corrected chi connectivity index (χ1v) is 8.96. The zero-order valence-electron chi connectivity index (χ0n) is 17.0. The Morgan fingerprint density at radius 1 is 1.14 bits per heavy atom. The van der Waals surface area contributed by atoms with E-state index in [2.05, 4.69) is 9.97 Å². The van der Waals surface area contributed by atoms with Crippen molar-refractivity contribution in [2.75, 3.05) is 18.6 Å². The van der Waals surface area contributed by atoms with Crippen LogP contribution in [-0.4, -0.2) is 29.2 Å². The molecule has 8 heteroatoms. The molecule has 5 nitrogen and oxygen atoms in total. The minimum atomic E-state index is -4.60. The third-order valence-corrected chi connectivity index (χ3v) is 3.56. The molecule has 0 unspecified atom stereocenters. The molecular formula is C20H26F3N3O2. The molecule has 0 saturated carbocycles. The fourth-order valence-corrected chi connectivity index (χ4v) is 2.30. The Hall–Kier alpha value is -2.51. The Bertz CT molecular complexity index is 802. The number of halogens is 3. The first-order valence-electron chi connectivity index (χ1n) is 8.96. The molecule has 0 atom stereocenters. The molecule has 0 N–H and O–H groups in total. The number of rotatable bonds is 6. The van der Waals surface area contributed by atoms with Gasteiger partial charge >= 0.3 is 12.2 Å². The highest BCUT2D eigenvalue weighted by molar-refractivity contribution is 5.64. The average Bonchev–Trinajstić information content (AvgIpc) is 2.57. The number of hydrogen-bond acceptors (Lipinski definition) is 5. The van der Waals surface area contributed by atoms with Gasteiger partial charge in [0.05, 0.1) is 6.61 Å². The van der Waals surface area contributed by atoms with Crippen molar-refractivity contribution in [3.05, 3.63) is 36.0 Å². The lowest BCUT2D eigenvalue weighted by molar-refractivity contribution is -0.137. The van der Waals surface area contributed by atoms with Gasteiger partial charge in [-0.3, -0.25) is 0 Å². The molecule has 2 rings (SSSR count). The molecule has 0 aliphatic carbocycles. The van der Waals surface area contributed by atoms with Gasteiger partial charge in [0.2, 0.25) is 0 Å². The van der Waals surface area contributed by atoms with Crippen molar-refractivity contribution in [2.45, 2.75) is 46.4 Å². The van der Waals surface area contributed by atoms with Gasteiger partial charge in [0.25, 0.3) is 0 Å². The van der Waals surface area contributed by atoms with Gasteiger partial charge in [-0.2, -0.15) is 18.2 Å². The Labute approximate surface area is 163 Å². The van der Waals surface area contributed by atoms with E-state index in [1.165, 1.54) is 11.9 Å². The third-order valence-electron chi connectivity index (χ3n) is 3.56. The Kier molecular flexibility index (Phi) is 6.41. The molecular weight excluding hydrogens is 371 g/mol. The molecule has 1 heterocycles. The van der Waals surface area contributed by atoms with Crippen molar-refractivity contribution in [3.63, 3.8) is 0 Å². The van der Waals surface area contributed by atoms with E-state index in [9.17, 15) is 13.2 Å². The Morgan fingerprint density at radius 3 is 2.39 bits per heavy atom. The summed E-state index contributed by atoms with van der Waals surface area (Å²) in [5.74, 6) is 0.617. The summed E-state index contributed by atoms with van der Waals surface area (Å²) in [6, 6.07) is 6.74. The lowest BCUT2D eigenvalue weighted by Crippen LogP contribution is -2.26. The molecule has 0 spiro atoms. The molecule has 0 bridgehead atoms. The highest BCUT2D eigenvalue weighted by Crippen LogP contribution is 2.38. The van der Waals surface area contributed by atoms with Crippen molar-refractivity contribution in [3.8, 4) is 11.8 Å². The summed E-state index contributed by atoms with van der Waals surface area (Å²) in [7, 11) is 1.51. The van der Waals surface area contributed by atoms with E-state index < -0.39 is 17.3 Å². The number of nitrogens with zero attached hydrogens (tertiary/aromatic N) is 3. The van der Waals surface area contributed by atoms with Crippen LogP contribution < -0.4 is 14.4 Å². The lowest BCUT2D eigenvalue weighted by Gasteiger charge is -2.25. The topological polar surface area (TPSA) is 47.5 Å². The number of aromatic nitrogens is 2. The number of alkyl halides is 3. The van der Waals surface area contributed by atoms with Gasteiger partial charge in [-0.15, -0.1) is 0 Å². The van der Waals surface area contributed by atoms with E-state index in [4.69, 9.17) is 9.47 Å². The van der Waals surface area contributed by atoms with Crippen molar-refractivity contribution < 1.29 is 22.6 Å². The normalized spacial score (nSPS) is 12.2. The van der Waals surface area contributed by atoms with Crippen LogP contribution >= 0.6 is 0 Å². The van der Waals surface area contributed by atoms with Crippen LogP contribution in [0.4, 0.5) is 24.7 Å². The molecule has 28 heavy (non-hydrogen) atoms. The van der Waals surface area contributed by atoms with Crippen molar-refractivity contribution >= 4 is 11.5 Å². The van der Waals surface area contributed by atoms with E-state index in [0.29, 0.717) is 24.0 Å². The van der Waals surface area contributed by atoms with Crippen molar-refractivity contribution in [1.82, 2.24) is 9.97 Å². The van der Waals surface area contributed by atoms with Crippen LogP contribution in [0.5, 0.6) is 11.8 Å². The molecule has 154 valence electrons. The van der Waals surface area contributed by atoms with Gasteiger partial charge < -0.3 is 14.4 Å². The first kappa shape index (κ1) is 21.8. The van der Waals surface area contributed by atoms with Crippen molar-refractivity contribution in [2.24, 2.45) is 5.92 Å². The molecule has 0 aliphatic rings. The smallest absolute Gasteiger partial charge is 0.421 e. The van der Waals surface area contributed by atoms with Gasteiger partial charge in [-0.1, -0.05) is 19.9 Å². The first-order chi connectivity index (χ1) is 12.9. The zero-order chi connectivity index (χ0) is 21.1. The maximum absolute atomic E-state index is 13.5. The van der Waals surface area contributed by atoms with E-state index in [1.807, 2.05) is 13.8 Å². The van der Waals surface area contributed by atoms with Gasteiger partial charge in [-0.25, -0.2) is 4.98 Å². The summed E-state index contributed by atoms with van der Waals surface area (Å²) < 4.78 is 51.8. The number of ether oxygens (including phenoxy) is 2. The minimum absolute atomic E-state index is 0.116. The second kappa shape index (κ2) is 8.24. The Morgan fingerprint density at radius 2 is 1.82 bits per heavy atom. The van der Waals surface area contributed by atoms with Crippen LogP contribution in [-0.2, 0) is 6.18 Å². The maximum atomic E-state index is 13.5. The fourth-order valence-electron chi connectivity index (χ4n) is 2.30. The van der Waals surface area contributed by atoms with Crippen LogP contribution in [0.2, 0.25) is 0 Å². The van der Waals surface area contributed by atoms with E-state index in [0.717, 1.165) is 6.20 Å². The minimum Gasteiger partial charge on any atom is -0.493 e. The van der Waals surface area contributed by atoms with E-state index >= 15 is 0 Å². The zero-order valence-corrected chi connectivity index (χ0v) is 17.0. The summed E-state index contributed by atoms with van der Waals surface area (Å²) in [5, 5.41) is 0. The monoisotopic (exact) mass is 397 g/mol.